The normalized spacial score (nSPS) is 10.0. The van der Waals surface area contributed by atoms with E-state index in [9.17, 15) is 0 Å². The molecule has 1 N–H and O–H groups in total. The van der Waals surface area contributed by atoms with Crippen LogP contribution in [0.4, 0.5) is 0 Å². The topological polar surface area (TPSA) is 51.0 Å². The Morgan fingerprint density at radius 2 is 2.14 bits per heavy atom. The van der Waals surface area contributed by atoms with Crippen molar-refractivity contribution in [2.24, 2.45) is 0 Å². The van der Waals surface area contributed by atoms with Crippen molar-refractivity contribution in [1.82, 2.24) is 10.1 Å². The van der Waals surface area contributed by atoms with Crippen molar-refractivity contribution in [2.75, 3.05) is 0 Å². The molecular weight excluding hydrogens is 200 g/mol. The minimum Gasteiger partial charge on any atom is -0.486 e. The summed E-state index contributed by atoms with van der Waals surface area (Å²) in [5.41, 5.74) is 0. The number of nitrogens with zero attached hydrogens (tertiary/aromatic N) is 1. The van der Waals surface area contributed by atoms with Crippen molar-refractivity contribution in [2.45, 2.75) is 6.61 Å². The van der Waals surface area contributed by atoms with Crippen LogP contribution in [0.5, 0.6) is 5.75 Å². The van der Waals surface area contributed by atoms with Crippen molar-refractivity contribution in [3.05, 3.63) is 41.0 Å². The van der Waals surface area contributed by atoms with Gasteiger partial charge in [-0.05, 0) is 24.4 Å². The Kier molecular flexibility index (Phi) is 2.60. The number of benzene rings is 1. The van der Waals surface area contributed by atoms with E-state index < -0.39 is 0 Å². The van der Waals surface area contributed by atoms with Crippen molar-refractivity contribution in [3.63, 3.8) is 0 Å². The molecule has 0 aliphatic carbocycles. The van der Waals surface area contributed by atoms with Gasteiger partial charge in [0.15, 0.2) is 5.82 Å². The van der Waals surface area contributed by atoms with E-state index in [1.807, 2.05) is 30.3 Å². The summed E-state index contributed by atoms with van der Waals surface area (Å²) >= 11 is 4.70. The fourth-order valence-corrected chi connectivity index (χ4v) is 1.14. The standard InChI is InChI=1S/C9H8N2O2S/c14-9-10-8(11-13-9)6-12-7-4-2-1-3-5-7/h1-5H,6H2,(H,10,11,14). The van der Waals surface area contributed by atoms with E-state index in [0.29, 0.717) is 12.4 Å². The third-order valence-corrected chi connectivity index (χ3v) is 1.78. The predicted octanol–water partition coefficient (Wildman–Crippen LogP) is 2.31. The highest BCUT2D eigenvalue weighted by atomic mass is 32.1. The van der Waals surface area contributed by atoms with Crippen LogP contribution >= 0.6 is 12.2 Å². The summed E-state index contributed by atoms with van der Waals surface area (Å²) in [7, 11) is 0. The van der Waals surface area contributed by atoms with Crippen LogP contribution in [0.3, 0.4) is 0 Å². The van der Waals surface area contributed by atoms with Gasteiger partial charge >= 0.3 is 4.84 Å². The molecule has 0 saturated heterocycles. The first-order valence-electron chi connectivity index (χ1n) is 4.07. The number of rotatable bonds is 3. The third-order valence-electron chi connectivity index (χ3n) is 1.60. The highest BCUT2D eigenvalue weighted by molar-refractivity contribution is 7.71. The van der Waals surface area contributed by atoms with E-state index in [1.54, 1.807) is 0 Å². The van der Waals surface area contributed by atoms with Gasteiger partial charge in [0.25, 0.3) is 0 Å². The van der Waals surface area contributed by atoms with E-state index in [0.717, 1.165) is 5.75 Å². The maximum atomic E-state index is 5.41. The van der Waals surface area contributed by atoms with E-state index >= 15 is 0 Å². The molecule has 0 fully saturated rings. The Hall–Kier alpha value is -1.62. The minimum atomic E-state index is 0.191. The van der Waals surface area contributed by atoms with E-state index in [1.165, 1.54) is 0 Å². The zero-order valence-electron chi connectivity index (χ0n) is 7.27. The number of hydrogen-bond acceptors (Lipinski definition) is 4. The molecule has 0 bridgehead atoms. The Balaban J connectivity index is 1.98. The van der Waals surface area contributed by atoms with Crippen LogP contribution in [-0.4, -0.2) is 10.1 Å². The molecule has 72 valence electrons. The lowest BCUT2D eigenvalue weighted by Crippen LogP contribution is -1.96. The lowest BCUT2D eigenvalue weighted by atomic mass is 10.3. The highest BCUT2D eigenvalue weighted by Crippen LogP contribution is 2.09. The van der Waals surface area contributed by atoms with Crippen LogP contribution in [0.15, 0.2) is 34.9 Å². The SMILES string of the molecule is S=c1nc(COc2ccccc2)[nH]o1. The van der Waals surface area contributed by atoms with E-state index in [-0.39, 0.29) is 4.84 Å². The molecule has 1 heterocycles. The number of hydrogen-bond donors (Lipinski definition) is 1. The summed E-state index contributed by atoms with van der Waals surface area (Å²) in [6.07, 6.45) is 0. The molecule has 0 atom stereocenters. The molecule has 0 saturated carbocycles. The smallest absolute Gasteiger partial charge is 0.314 e. The van der Waals surface area contributed by atoms with Gasteiger partial charge in [0, 0.05) is 0 Å². The molecule has 1 aromatic carbocycles. The van der Waals surface area contributed by atoms with Crippen LogP contribution in [0, 0.1) is 4.84 Å². The van der Waals surface area contributed by atoms with Gasteiger partial charge in [-0.3, -0.25) is 0 Å². The van der Waals surface area contributed by atoms with Gasteiger partial charge < -0.3 is 9.26 Å². The number of para-hydroxylation sites is 1. The van der Waals surface area contributed by atoms with Gasteiger partial charge in [0.05, 0.1) is 0 Å². The van der Waals surface area contributed by atoms with E-state index in [4.69, 9.17) is 21.5 Å². The molecule has 0 amide bonds. The second-order valence-corrected chi connectivity index (χ2v) is 2.98. The second kappa shape index (κ2) is 4.06. The Morgan fingerprint density at radius 3 is 2.79 bits per heavy atom. The minimum absolute atomic E-state index is 0.191. The van der Waals surface area contributed by atoms with Gasteiger partial charge in [-0.1, -0.05) is 18.2 Å². The molecule has 0 aliphatic heterocycles. The fourth-order valence-electron chi connectivity index (χ4n) is 0.989. The quantitative estimate of drug-likeness (QED) is 0.786. The van der Waals surface area contributed by atoms with Crippen molar-refractivity contribution in [1.29, 1.82) is 0 Å². The molecule has 14 heavy (non-hydrogen) atoms. The van der Waals surface area contributed by atoms with Crippen LogP contribution < -0.4 is 4.74 Å². The van der Waals surface area contributed by atoms with Crippen LogP contribution in [0.2, 0.25) is 0 Å². The lowest BCUT2D eigenvalue weighted by molar-refractivity contribution is 0.286. The molecule has 0 radical (unpaired) electrons. The second-order valence-electron chi connectivity index (χ2n) is 2.63. The Bertz CT molecular complexity index is 449. The molecule has 2 aromatic rings. The Morgan fingerprint density at radius 1 is 1.36 bits per heavy atom. The summed E-state index contributed by atoms with van der Waals surface area (Å²) in [6, 6.07) is 9.47. The van der Waals surface area contributed by atoms with E-state index in [2.05, 4.69) is 10.1 Å². The van der Waals surface area contributed by atoms with Gasteiger partial charge in [-0.15, -0.1) is 0 Å². The van der Waals surface area contributed by atoms with Gasteiger partial charge in [0.2, 0.25) is 0 Å². The molecule has 1 aromatic heterocycles. The van der Waals surface area contributed by atoms with Crippen LogP contribution in [0.1, 0.15) is 5.82 Å². The summed E-state index contributed by atoms with van der Waals surface area (Å²) in [5.74, 6) is 1.37. The highest BCUT2D eigenvalue weighted by Gasteiger charge is 1.98. The Labute approximate surface area is 85.5 Å². The predicted molar refractivity (Wildman–Crippen MR) is 52.5 cm³/mol. The summed E-state index contributed by atoms with van der Waals surface area (Å²) < 4.78 is 10.2. The van der Waals surface area contributed by atoms with Crippen molar-refractivity contribution >= 4 is 12.2 Å². The molecule has 0 unspecified atom stereocenters. The molecule has 0 spiro atoms. The fraction of sp³-hybridized carbons (Fsp3) is 0.111. The van der Waals surface area contributed by atoms with Crippen LogP contribution in [-0.2, 0) is 6.61 Å². The van der Waals surface area contributed by atoms with Crippen LogP contribution in [0.25, 0.3) is 0 Å². The maximum absolute atomic E-state index is 5.41. The summed E-state index contributed by atoms with van der Waals surface area (Å²) in [5, 5.41) is 2.56. The largest absolute Gasteiger partial charge is 0.486 e. The maximum Gasteiger partial charge on any atom is 0.314 e. The van der Waals surface area contributed by atoms with Gasteiger partial charge in [0.1, 0.15) is 12.4 Å². The zero-order valence-corrected chi connectivity index (χ0v) is 8.08. The van der Waals surface area contributed by atoms with Gasteiger partial charge in [-0.2, -0.15) is 4.98 Å². The van der Waals surface area contributed by atoms with Crippen molar-refractivity contribution in [3.8, 4) is 5.75 Å². The summed E-state index contributed by atoms with van der Waals surface area (Å²) in [6.45, 7) is 0.324. The first kappa shape index (κ1) is 8.96. The lowest BCUT2D eigenvalue weighted by Gasteiger charge is -2.01. The van der Waals surface area contributed by atoms with Gasteiger partial charge in [-0.25, -0.2) is 5.16 Å². The number of ether oxygens (including phenoxy) is 1. The first-order valence-corrected chi connectivity index (χ1v) is 4.47. The molecule has 5 heteroatoms. The molecule has 0 aliphatic rings. The van der Waals surface area contributed by atoms with Crippen molar-refractivity contribution < 1.29 is 9.26 Å². The summed E-state index contributed by atoms with van der Waals surface area (Å²) in [4.78, 5) is 4.08. The zero-order chi connectivity index (χ0) is 9.80. The molecule has 4 nitrogen and oxygen atoms in total. The average Bonchev–Trinajstić information content (AvgIpc) is 2.63. The average molecular weight is 208 g/mol. The monoisotopic (exact) mass is 208 g/mol. The number of aromatic amines is 1. The molecular formula is C9H8N2O2S. The number of nitrogens with one attached hydrogen (secondary N) is 1. The number of aromatic nitrogens is 2. The molecule has 2 rings (SSSR count). The first-order chi connectivity index (χ1) is 6.84. The number of H-pyrrole nitrogens is 1. The third kappa shape index (κ3) is 2.20.